The van der Waals surface area contributed by atoms with Crippen LogP contribution in [-0.2, 0) is 0 Å². The summed E-state index contributed by atoms with van der Waals surface area (Å²) in [7, 11) is 0. The van der Waals surface area contributed by atoms with Crippen LogP contribution < -0.4 is 0 Å². The third kappa shape index (κ3) is 2.84. The maximum absolute atomic E-state index is 2.31. The molecule has 0 nitrogen and oxygen atoms in total. The summed E-state index contributed by atoms with van der Waals surface area (Å²) in [5.41, 5.74) is 1.56. The SMILES string of the molecule is CCC[C@H]1CC[C@H](c2ccccc2)CC1. The first kappa shape index (κ1) is 10.7. The van der Waals surface area contributed by atoms with Gasteiger partial charge in [-0.2, -0.15) is 0 Å². The van der Waals surface area contributed by atoms with Gasteiger partial charge < -0.3 is 0 Å². The molecule has 2 rings (SSSR count). The minimum Gasteiger partial charge on any atom is -0.0654 e. The molecule has 0 aromatic heterocycles. The van der Waals surface area contributed by atoms with Gasteiger partial charge in [0.25, 0.3) is 0 Å². The first-order valence-corrected chi connectivity index (χ1v) is 6.45. The van der Waals surface area contributed by atoms with E-state index in [0.717, 1.165) is 11.8 Å². The van der Waals surface area contributed by atoms with Gasteiger partial charge >= 0.3 is 0 Å². The van der Waals surface area contributed by atoms with E-state index in [2.05, 4.69) is 37.3 Å². The molecule has 0 N–H and O–H groups in total. The maximum Gasteiger partial charge on any atom is -0.0162 e. The highest BCUT2D eigenvalue weighted by Gasteiger charge is 2.21. The van der Waals surface area contributed by atoms with Gasteiger partial charge in [0.1, 0.15) is 0 Å². The largest absolute Gasteiger partial charge is 0.0654 e. The standard InChI is InChI=1S/C15H22/c1-2-6-13-9-11-15(12-10-13)14-7-4-3-5-8-14/h3-5,7-8,13,15H,2,6,9-12H2,1H3/t13-,15-. The van der Waals surface area contributed by atoms with Gasteiger partial charge in [0.05, 0.1) is 0 Å². The molecular formula is C15H22. The second-order valence-corrected chi connectivity index (χ2v) is 4.92. The zero-order chi connectivity index (χ0) is 10.5. The highest BCUT2D eigenvalue weighted by atomic mass is 14.3. The van der Waals surface area contributed by atoms with E-state index in [4.69, 9.17) is 0 Å². The molecular weight excluding hydrogens is 180 g/mol. The highest BCUT2D eigenvalue weighted by molar-refractivity contribution is 5.19. The fraction of sp³-hybridized carbons (Fsp3) is 0.600. The summed E-state index contributed by atoms with van der Waals surface area (Å²) in [6.07, 6.45) is 8.53. The van der Waals surface area contributed by atoms with Crippen molar-refractivity contribution in [2.24, 2.45) is 5.92 Å². The van der Waals surface area contributed by atoms with Gasteiger partial charge in [-0.25, -0.2) is 0 Å². The second-order valence-electron chi connectivity index (χ2n) is 4.92. The zero-order valence-electron chi connectivity index (χ0n) is 9.78. The van der Waals surface area contributed by atoms with E-state index in [9.17, 15) is 0 Å². The fourth-order valence-electron chi connectivity index (χ4n) is 2.92. The molecule has 0 saturated heterocycles. The summed E-state index contributed by atoms with van der Waals surface area (Å²) in [6, 6.07) is 11.1. The van der Waals surface area contributed by atoms with Crippen LogP contribution in [-0.4, -0.2) is 0 Å². The van der Waals surface area contributed by atoms with Gasteiger partial charge in [-0.15, -0.1) is 0 Å². The van der Waals surface area contributed by atoms with E-state index in [1.165, 1.54) is 38.5 Å². The Hall–Kier alpha value is -0.780. The summed E-state index contributed by atoms with van der Waals surface area (Å²) < 4.78 is 0. The first-order valence-electron chi connectivity index (χ1n) is 6.45. The lowest BCUT2D eigenvalue weighted by molar-refractivity contribution is 0.308. The van der Waals surface area contributed by atoms with Crippen LogP contribution in [0, 0.1) is 5.92 Å². The van der Waals surface area contributed by atoms with Crippen LogP contribution in [0.25, 0.3) is 0 Å². The van der Waals surface area contributed by atoms with Crippen LogP contribution in [0.3, 0.4) is 0 Å². The summed E-state index contributed by atoms with van der Waals surface area (Å²) in [6.45, 7) is 2.31. The molecule has 0 aliphatic heterocycles. The molecule has 0 spiro atoms. The molecule has 0 bridgehead atoms. The number of hydrogen-bond donors (Lipinski definition) is 0. The number of hydrogen-bond acceptors (Lipinski definition) is 0. The van der Waals surface area contributed by atoms with Crippen molar-refractivity contribution in [2.75, 3.05) is 0 Å². The van der Waals surface area contributed by atoms with Gasteiger partial charge in [0.2, 0.25) is 0 Å². The summed E-state index contributed by atoms with van der Waals surface area (Å²) in [5, 5.41) is 0. The molecule has 0 heterocycles. The van der Waals surface area contributed by atoms with Crippen molar-refractivity contribution >= 4 is 0 Å². The Morgan fingerprint density at radius 1 is 1.00 bits per heavy atom. The average Bonchev–Trinajstić information content (AvgIpc) is 2.32. The minimum absolute atomic E-state index is 0.847. The van der Waals surface area contributed by atoms with Crippen LogP contribution in [0.4, 0.5) is 0 Å². The molecule has 0 atom stereocenters. The Labute approximate surface area is 93.7 Å². The van der Waals surface area contributed by atoms with Crippen molar-refractivity contribution in [1.29, 1.82) is 0 Å². The Balaban J connectivity index is 1.88. The molecule has 0 amide bonds. The Morgan fingerprint density at radius 2 is 1.67 bits per heavy atom. The third-order valence-electron chi connectivity index (χ3n) is 3.81. The van der Waals surface area contributed by atoms with E-state index in [-0.39, 0.29) is 0 Å². The van der Waals surface area contributed by atoms with E-state index in [1.807, 2.05) is 0 Å². The van der Waals surface area contributed by atoms with Crippen molar-refractivity contribution < 1.29 is 0 Å². The summed E-state index contributed by atoms with van der Waals surface area (Å²) in [4.78, 5) is 0. The normalized spacial score (nSPS) is 26.5. The fourth-order valence-corrected chi connectivity index (χ4v) is 2.92. The number of benzene rings is 1. The topological polar surface area (TPSA) is 0 Å². The Kier molecular flexibility index (Phi) is 3.82. The first-order chi connectivity index (χ1) is 7.40. The summed E-state index contributed by atoms with van der Waals surface area (Å²) >= 11 is 0. The van der Waals surface area contributed by atoms with Crippen molar-refractivity contribution in [2.45, 2.75) is 51.4 Å². The van der Waals surface area contributed by atoms with Crippen molar-refractivity contribution in [1.82, 2.24) is 0 Å². The molecule has 0 radical (unpaired) electrons. The predicted molar refractivity (Wildman–Crippen MR) is 66.0 cm³/mol. The van der Waals surface area contributed by atoms with Crippen LogP contribution in [0.5, 0.6) is 0 Å². The molecule has 1 fully saturated rings. The lowest BCUT2D eigenvalue weighted by Gasteiger charge is -2.28. The lowest BCUT2D eigenvalue weighted by atomic mass is 9.77. The van der Waals surface area contributed by atoms with Crippen molar-refractivity contribution in [3.8, 4) is 0 Å². The zero-order valence-corrected chi connectivity index (χ0v) is 9.78. The molecule has 0 unspecified atom stereocenters. The van der Waals surface area contributed by atoms with Crippen molar-refractivity contribution in [3.63, 3.8) is 0 Å². The third-order valence-corrected chi connectivity index (χ3v) is 3.81. The van der Waals surface area contributed by atoms with Crippen LogP contribution >= 0.6 is 0 Å². The van der Waals surface area contributed by atoms with E-state index in [1.54, 1.807) is 5.56 Å². The maximum atomic E-state index is 2.31. The van der Waals surface area contributed by atoms with Gasteiger partial charge in [-0.1, -0.05) is 50.1 Å². The highest BCUT2D eigenvalue weighted by Crippen LogP contribution is 2.37. The molecule has 82 valence electrons. The van der Waals surface area contributed by atoms with E-state index < -0.39 is 0 Å². The Bertz CT molecular complexity index is 267. The molecule has 1 saturated carbocycles. The predicted octanol–water partition coefficient (Wildman–Crippen LogP) is 4.76. The smallest absolute Gasteiger partial charge is 0.0162 e. The van der Waals surface area contributed by atoms with Crippen LogP contribution in [0.15, 0.2) is 30.3 Å². The molecule has 1 aliphatic carbocycles. The lowest BCUT2D eigenvalue weighted by Crippen LogP contribution is -2.13. The minimum atomic E-state index is 0.847. The van der Waals surface area contributed by atoms with Gasteiger partial charge in [-0.05, 0) is 43.1 Å². The molecule has 1 aliphatic rings. The summed E-state index contributed by atoms with van der Waals surface area (Å²) in [5.74, 6) is 1.87. The van der Waals surface area contributed by atoms with Gasteiger partial charge in [0.15, 0.2) is 0 Å². The molecule has 1 aromatic carbocycles. The van der Waals surface area contributed by atoms with Crippen LogP contribution in [0.1, 0.15) is 56.9 Å². The molecule has 15 heavy (non-hydrogen) atoms. The second kappa shape index (κ2) is 5.34. The average molecular weight is 202 g/mol. The molecule has 1 aromatic rings. The Morgan fingerprint density at radius 3 is 2.27 bits per heavy atom. The van der Waals surface area contributed by atoms with Crippen LogP contribution in [0.2, 0.25) is 0 Å². The van der Waals surface area contributed by atoms with E-state index >= 15 is 0 Å². The number of rotatable bonds is 3. The van der Waals surface area contributed by atoms with Crippen molar-refractivity contribution in [3.05, 3.63) is 35.9 Å². The monoisotopic (exact) mass is 202 g/mol. The van der Waals surface area contributed by atoms with Gasteiger partial charge in [-0.3, -0.25) is 0 Å². The van der Waals surface area contributed by atoms with Gasteiger partial charge in [0, 0.05) is 0 Å². The van der Waals surface area contributed by atoms with E-state index in [0.29, 0.717) is 0 Å². The molecule has 0 heteroatoms. The quantitative estimate of drug-likeness (QED) is 0.663.